The van der Waals surface area contributed by atoms with Gasteiger partial charge in [0, 0.05) is 26.3 Å². The van der Waals surface area contributed by atoms with E-state index in [0.717, 1.165) is 26.3 Å². The first-order valence-corrected chi connectivity index (χ1v) is 6.12. The Kier molecular flexibility index (Phi) is 5.58. The quantitative estimate of drug-likeness (QED) is 0.675. The largest absolute Gasteiger partial charge is 0.381 e. The van der Waals surface area contributed by atoms with E-state index in [2.05, 4.69) is 31.2 Å². The molecule has 1 N–H and O–H groups in total. The van der Waals surface area contributed by atoms with Gasteiger partial charge in [-0.1, -0.05) is 6.92 Å². The van der Waals surface area contributed by atoms with Crippen LogP contribution in [0.2, 0.25) is 0 Å². The molecule has 15 heavy (non-hydrogen) atoms. The van der Waals surface area contributed by atoms with E-state index in [-0.39, 0.29) is 0 Å². The zero-order chi connectivity index (χ0) is 11.1. The molecular weight excluding hydrogens is 188 g/mol. The van der Waals surface area contributed by atoms with Crippen LogP contribution in [0.3, 0.4) is 0 Å². The Balaban J connectivity index is 2.42. The van der Waals surface area contributed by atoms with Gasteiger partial charge in [0.1, 0.15) is 0 Å². The molecule has 0 amide bonds. The summed E-state index contributed by atoms with van der Waals surface area (Å²) < 4.78 is 5.47. The van der Waals surface area contributed by atoms with Gasteiger partial charge in [-0.15, -0.1) is 0 Å². The molecule has 1 aliphatic rings. The highest BCUT2D eigenvalue weighted by atomic mass is 16.5. The van der Waals surface area contributed by atoms with Gasteiger partial charge >= 0.3 is 0 Å². The molecule has 0 atom stereocenters. The Hall–Kier alpha value is -0.120. The molecule has 0 radical (unpaired) electrons. The van der Waals surface area contributed by atoms with E-state index in [4.69, 9.17) is 4.74 Å². The Labute approximate surface area is 94.2 Å². The third kappa shape index (κ3) is 4.49. The predicted molar refractivity (Wildman–Crippen MR) is 64.2 cm³/mol. The lowest BCUT2D eigenvalue weighted by Crippen LogP contribution is -2.45. The van der Waals surface area contributed by atoms with Gasteiger partial charge in [-0.05, 0) is 45.3 Å². The van der Waals surface area contributed by atoms with E-state index < -0.39 is 0 Å². The molecule has 0 aromatic heterocycles. The predicted octanol–water partition coefficient (Wildman–Crippen LogP) is 1.34. The van der Waals surface area contributed by atoms with Crippen LogP contribution in [0.4, 0.5) is 0 Å². The minimum atomic E-state index is 0.441. The number of ether oxygens (including phenoxy) is 1. The summed E-state index contributed by atoms with van der Waals surface area (Å²) >= 11 is 0. The highest BCUT2D eigenvalue weighted by molar-refractivity contribution is 4.86. The molecule has 0 spiro atoms. The Bertz CT molecular complexity index is 165. The average Bonchev–Trinajstić information content (AvgIpc) is 2.18. The fraction of sp³-hybridized carbons (Fsp3) is 1.00. The molecule has 1 heterocycles. The van der Waals surface area contributed by atoms with Gasteiger partial charge in [-0.25, -0.2) is 0 Å². The van der Waals surface area contributed by atoms with Crippen LogP contribution >= 0.6 is 0 Å². The molecule has 1 fully saturated rings. The SMILES string of the molecule is CCCNCC1(CN(C)C)CCOCC1. The fourth-order valence-corrected chi connectivity index (χ4v) is 2.40. The number of nitrogens with zero attached hydrogens (tertiary/aromatic N) is 1. The van der Waals surface area contributed by atoms with Crippen molar-refractivity contribution >= 4 is 0 Å². The second kappa shape index (κ2) is 6.46. The van der Waals surface area contributed by atoms with Crippen LogP contribution in [0.1, 0.15) is 26.2 Å². The molecule has 3 heteroatoms. The van der Waals surface area contributed by atoms with Crippen LogP contribution in [0.25, 0.3) is 0 Å². The lowest BCUT2D eigenvalue weighted by atomic mass is 9.79. The van der Waals surface area contributed by atoms with Crippen LogP contribution in [0, 0.1) is 5.41 Å². The summed E-state index contributed by atoms with van der Waals surface area (Å²) in [5.74, 6) is 0. The smallest absolute Gasteiger partial charge is 0.0472 e. The number of hydrogen-bond donors (Lipinski definition) is 1. The second-order valence-corrected chi connectivity index (χ2v) is 5.03. The summed E-state index contributed by atoms with van der Waals surface area (Å²) in [6, 6.07) is 0. The maximum Gasteiger partial charge on any atom is 0.0472 e. The van der Waals surface area contributed by atoms with Gasteiger partial charge in [0.05, 0.1) is 0 Å². The van der Waals surface area contributed by atoms with E-state index in [9.17, 15) is 0 Å². The maximum atomic E-state index is 5.47. The van der Waals surface area contributed by atoms with Crippen molar-refractivity contribution in [3.63, 3.8) is 0 Å². The molecule has 1 aliphatic heterocycles. The first-order valence-electron chi connectivity index (χ1n) is 6.12. The Morgan fingerprint density at radius 3 is 2.47 bits per heavy atom. The van der Waals surface area contributed by atoms with E-state index in [1.807, 2.05) is 0 Å². The minimum Gasteiger partial charge on any atom is -0.381 e. The van der Waals surface area contributed by atoms with Gasteiger partial charge in [0.25, 0.3) is 0 Å². The van der Waals surface area contributed by atoms with Gasteiger partial charge in [0.2, 0.25) is 0 Å². The van der Waals surface area contributed by atoms with Crippen molar-refractivity contribution in [1.82, 2.24) is 10.2 Å². The molecule has 0 unspecified atom stereocenters. The molecule has 0 aliphatic carbocycles. The summed E-state index contributed by atoms with van der Waals surface area (Å²) in [5.41, 5.74) is 0.441. The van der Waals surface area contributed by atoms with Gasteiger partial charge < -0.3 is 15.0 Å². The highest BCUT2D eigenvalue weighted by Crippen LogP contribution is 2.30. The van der Waals surface area contributed by atoms with Gasteiger partial charge in [-0.2, -0.15) is 0 Å². The van der Waals surface area contributed by atoms with Gasteiger partial charge in [-0.3, -0.25) is 0 Å². The topological polar surface area (TPSA) is 24.5 Å². The average molecular weight is 214 g/mol. The van der Waals surface area contributed by atoms with E-state index in [0.29, 0.717) is 5.41 Å². The summed E-state index contributed by atoms with van der Waals surface area (Å²) in [6.07, 6.45) is 3.61. The first kappa shape index (κ1) is 12.9. The Morgan fingerprint density at radius 2 is 1.93 bits per heavy atom. The maximum absolute atomic E-state index is 5.47. The third-order valence-electron chi connectivity index (χ3n) is 3.13. The second-order valence-electron chi connectivity index (χ2n) is 5.03. The van der Waals surface area contributed by atoms with Gasteiger partial charge in [0.15, 0.2) is 0 Å². The van der Waals surface area contributed by atoms with Crippen molar-refractivity contribution in [2.45, 2.75) is 26.2 Å². The van der Waals surface area contributed by atoms with Crippen molar-refractivity contribution in [2.75, 3.05) is 46.9 Å². The standard InChI is InChI=1S/C12H26N2O/c1-4-7-13-10-12(11-14(2)3)5-8-15-9-6-12/h13H,4-11H2,1-3H3. The van der Waals surface area contributed by atoms with E-state index >= 15 is 0 Å². The molecule has 1 rings (SSSR count). The molecule has 90 valence electrons. The fourth-order valence-electron chi connectivity index (χ4n) is 2.40. The highest BCUT2D eigenvalue weighted by Gasteiger charge is 2.32. The van der Waals surface area contributed by atoms with Crippen LogP contribution in [-0.2, 0) is 4.74 Å². The van der Waals surface area contributed by atoms with Crippen LogP contribution < -0.4 is 5.32 Å². The van der Waals surface area contributed by atoms with E-state index in [1.165, 1.54) is 25.8 Å². The van der Waals surface area contributed by atoms with Crippen molar-refractivity contribution in [3.8, 4) is 0 Å². The zero-order valence-electron chi connectivity index (χ0n) is 10.5. The molecule has 0 saturated carbocycles. The van der Waals surface area contributed by atoms with Crippen molar-refractivity contribution in [1.29, 1.82) is 0 Å². The van der Waals surface area contributed by atoms with Crippen molar-refractivity contribution in [3.05, 3.63) is 0 Å². The number of rotatable bonds is 6. The summed E-state index contributed by atoms with van der Waals surface area (Å²) in [5, 5.41) is 3.57. The molecular formula is C12H26N2O. The molecule has 1 saturated heterocycles. The summed E-state index contributed by atoms with van der Waals surface area (Å²) in [7, 11) is 4.33. The van der Waals surface area contributed by atoms with Crippen LogP contribution in [0.5, 0.6) is 0 Å². The van der Waals surface area contributed by atoms with Crippen molar-refractivity contribution < 1.29 is 4.74 Å². The first-order chi connectivity index (χ1) is 7.18. The van der Waals surface area contributed by atoms with Crippen LogP contribution in [-0.4, -0.2) is 51.8 Å². The molecule has 0 aromatic rings. The monoisotopic (exact) mass is 214 g/mol. The minimum absolute atomic E-state index is 0.441. The van der Waals surface area contributed by atoms with Crippen LogP contribution in [0.15, 0.2) is 0 Å². The summed E-state index contributed by atoms with van der Waals surface area (Å²) in [6.45, 7) is 7.53. The van der Waals surface area contributed by atoms with Crippen molar-refractivity contribution in [2.24, 2.45) is 5.41 Å². The lowest BCUT2D eigenvalue weighted by molar-refractivity contribution is 0.00271. The normalized spacial score (nSPS) is 20.8. The zero-order valence-corrected chi connectivity index (χ0v) is 10.5. The lowest BCUT2D eigenvalue weighted by Gasteiger charge is -2.39. The molecule has 0 bridgehead atoms. The third-order valence-corrected chi connectivity index (χ3v) is 3.13. The number of nitrogens with one attached hydrogen (secondary N) is 1. The number of hydrogen-bond acceptors (Lipinski definition) is 3. The summed E-state index contributed by atoms with van der Waals surface area (Å²) in [4.78, 5) is 2.30. The Morgan fingerprint density at radius 1 is 1.27 bits per heavy atom. The van der Waals surface area contributed by atoms with E-state index in [1.54, 1.807) is 0 Å². The molecule has 0 aromatic carbocycles. The molecule has 3 nitrogen and oxygen atoms in total.